The van der Waals surface area contributed by atoms with Gasteiger partial charge in [0.1, 0.15) is 5.82 Å². The van der Waals surface area contributed by atoms with Crippen LogP contribution >= 0.6 is 0 Å². The van der Waals surface area contributed by atoms with E-state index in [9.17, 15) is 14.7 Å². The van der Waals surface area contributed by atoms with Crippen LogP contribution in [0.5, 0.6) is 0 Å². The van der Waals surface area contributed by atoms with Gasteiger partial charge in [0.25, 0.3) is 0 Å². The SMILES string of the molecule is COC(=O)N1c2ccc3c(nc(C(C)(C)c4ccccc4)n3[C@H]3CC[C@H](C(=O)O)CC3)c2CC[C@@H]1C. The Hall–Kier alpha value is -3.35. The predicted molar refractivity (Wildman–Crippen MR) is 140 cm³/mol. The first-order valence-electron chi connectivity index (χ1n) is 12.9. The average Bonchev–Trinajstić information content (AvgIpc) is 3.29. The quantitative estimate of drug-likeness (QED) is 0.480. The number of nitrogens with zero attached hydrogens (tertiary/aromatic N) is 3. The minimum absolute atomic E-state index is 0.0519. The van der Waals surface area contributed by atoms with Crippen molar-refractivity contribution in [2.24, 2.45) is 5.92 Å². The first-order chi connectivity index (χ1) is 17.2. The van der Waals surface area contributed by atoms with Crippen molar-refractivity contribution in [3.63, 3.8) is 0 Å². The van der Waals surface area contributed by atoms with Crippen molar-refractivity contribution in [3.8, 4) is 0 Å². The molecular formula is C29H35N3O4. The van der Waals surface area contributed by atoms with Crippen molar-refractivity contribution in [2.75, 3.05) is 12.0 Å². The molecule has 1 N–H and O–H groups in total. The number of anilines is 1. The number of aryl methyl sites for hydroxylation is 1. The van der Waals surface area contributed by atoms with Gasteiger partial charge in [0.05, 0.1) is 29.7 Å². The van der Waals surface area contributed by atoms with E-state index in [0.717, 1.165) is 53.8 Å². The number of hydrogen-bond acceptors (Lipinski definition) is 4. The van der Waals surface area contributed by atoms with Gasteiger partial charge < -0.3 is 14.4 Å². The number of carboxylic acid groups (broad SMARTS) is 1. The lowest BCUT2D eigenvalue weighted by atomic mass is 9.82. The van der Waals surface area contributed by atoms with Crippen molar-refractivity contribution >= 4 is 28.8 Å². The van der Waals surface area contributed by atoms with E-state index in [4.69, 9.17) is 9.72 Å². The summed E-state index contributed by atoms with van der Waals surface area (Å²) in [5.74, 6) is 0.0171. The first-order valence-corrected chi connectivity index (χ1v) is 12.9. The van der Waals surface area contributed by atoms with E-state index in [1.165, 1.54) is 12.7 Å². The standard InChI is InChI=1S/C29H35N3O4/c1-18-10-15-22-23(31(18)28(35)36-4)16-17-24-25(22)30-27(29(2,3)20-8-6-5-7-9-20)32(24)21-13-11-19(12-14-21)26(33)34/h5-9,16-19,21H,10-15H2,1-4H3,(H,33,34)/t18-,19-,21-/m0/s1. The number of hydrogen-bond donors (Lipinski definition) is 1. The molecule has 1 aliphatic carbocycles. The number of carbonyl (C=O) groups is 2. The molecule has 0 unspecified atom stereocenters. The highest BCUT2D eigenvalue weighted by molar-refractivity contribution is 5.95. The van der Waals surface area contributed by atoms with Crippen molar-refractivity contribution in [1.82, 2.24) is 9.55 Å². The van der Waals surface area contributed by atoms with Gasteiger partial charge in [-0.05, 0) is 77.0 Å². The maximum Gasteiger partial charge on any atom is 0.414 e. The molecule has 1 saturated carbocycles. The molecule has 7 heteroatoms. The topological polar surface area (TPSA) is 84.7 Å². The Bertz CT molecular complexity index is 1290. The zero-order valence-corrected chi connectivity index (χ0v) is 21.5. The molecule has 3 aromatic rings. The number of fused-ring (bicyclic) bond motifs is 3. The Morgan fingerprint density at radius 3 is 2.36 bits per heavy atom. The summed E-state index contributed by atoms with van der Waals surface area (Å²) < 4.78 is 7.48. The zero-order valence-electron chi connectivity index (χ0n) is 21.5. The maximum atomic E-state index is 12.7. The van der Waals surface area contributed by atoms with Crippen LogP contribution in [0.4, 0.5) is 10.5 Å². The first kappa shape index (κ1) is 24.3. The van der Waals surface area contributed by atoms with Crippen LogP contribution in [-0.4, -0.2) is 39.9 Å². The average molecular weight is 490 g/mol. The summed E-state index contributed by atoms with van der Waals surface area (Å²) in [6, 6.07) is 14.8. The molecule has 2 aliphatic rings. The number of rotatable bonds is 4. The molecule has 36 heavy (non-hydrogen) atoms. The lowest BCUT2D eigenvalue weighted by Gasteiger charge is -2.34. The Morgan fingerprint density at radius 2 is 1.72 bits per heavy atom. The number of methoxy groups -OCH3 is 1. The van der Waals surface area contributed by atoms with Crippen LogP contribution in [0.25, 0.3) is 11.0 Å². The number of carboxylic acids is 1. The fraction of sp³-hybridized carbons (Fsp3) is 0.483. The Morgan fingerprint density at radius 1 is 1.03 bits per heavy atom. The van der Waals surface area contributed by atoms with E-state index in [1.807, 2.05) is 19.1 Å². The third kappa shape index (κ3) is 3.94. The molecule has 0 bridgehead atoms. The number of benzene rings is 2. The molecule has 2 aromatic carbocycles. The third-order valence-corrected chi connectivity index (χ3v) is 8.29. The molecule has 1 aromatic heterocycles. The van der Waals surface area contributed by atoms with Crippen LogP contribution in [0.15, 0.2) is 42.5 Å². The van der Waals surface area contributed by atoms with E-state index < -0.39 is 5.97 Å². The van der Waals surface area contributed by atoms with Gasteiger partial charge in [-0.1, -0.05) is 30.3 Å². The summed E-state index contributed by atoms with van der Waals surface area (Å²) in [4.78, 5) is 31.3. The van der Waals surface area contributed by atoms with Gasteiger partial charge in [0.2, 0.25) is 0 Å². The van der Waals surface area contributed by atoms with Gasteiger partial charge >= 0.3 is 12.1 Å². The van der Waals surface area contributed by atoms with Crippen LogP contribution in [0, 0.1) is 5.92 Å². The zero-order chi connectivity index (χ0) is 25.6. The molecule has 2 heterocycles. The number of imidazole rings is 1. The molecule has 5 rings (SSSR count). The van der Waals surface area contributed by atoms with Crippen molar-refractivity contribution in [2.45, 2.75) is 76.8 Å². The summed E-state index contributed by atoms with van der Waals surface area (Å²) in [6.45, 7) is 6.46. The number of ether oxygens (including phenoxy) is 1. The lowest BCUT2D eigenvalue weighted by Crippen LogP contribution is -2.42. The van der Waals surface area contributed by atoms with Gasteiger partial charge in [-0.3, -0.25) is 9.69 Å². The van der Waals surface area contributed by atoms with E-state index in [2.05, 4.69) is 48.7 Å². The minimum Gasteiger partial charge on any atom is -0.481 e. The summed E-state index contributed by atoms with van der Waals surface area (Å²) in [7, 11) is 1.42. The fourth-order valence-corrected chi connectivity index (χ4v) is 6.15. The lowest BCUT2D eigenvalue weighted by molar-refractivity contribution is -0.143. The molecule has 0 saturated heterocycles. The van der Waals surface area contributed by atoms with Crippen molar-refractivity contribution < 1.29 is 19.4 Å². The molecule has 190 valence electrons. The maximum absolute atomic E-state index is 12.7. The molecule has 0 radical (unpaired) electrons. The van der Waals surface area contributed by atoms with Crippen molar-refractivity contribution in [3.05, 3.63) is 59.4 Å². The fourth-order valence-electron chi connectivity index (χ4n) is 6.15. The van der Waals surface area contributed by atoms with Crippen LogP contribution in [-0.2, 0) is 21.4 Å². The highest BCUT2D eigenvalue weighted by atomic mass is 16.5. The monoisotopic (exact) mass is 489 g/mol. The number of amides is 1. The predicted octanol–water partition coefficient (Wildman–Crippen LogP) is 6.09. The molecule has 0 spiro atoms. The Labute approximate surface area is 212 Å². The molecule has 1 aliphatic heterocycles. The van der Waals surface area contributed by atoms with Gasteiger partial charge in [-0.15, -0.1) is 0 Å². The molecule has 1 amide bonds. The van der Waals surface area contributed by atoms with E-state index >= 15 is 0 Å². The van der Waals surface area contributed by atoms with Crippen LogP contribution in [0.3, 0.4) is 0 Å². The number of aliphatic carboxylic acids is 1. The second-order valence-electron chi connectivity index (χ2n) is 10.8. The molecule has 1 atom stereocenters. The summed E-state index contributed by atoms with van der Waals surface area (Å²) in [5.41, 5.74) is 4.77. The van der Waals surface area contributed by atoms with Crippen LogP contribution in [0.2, 0.25) is 0 Å². The summed E-state index contributed by atoms with van der Waals surface area (Å²) in [5, 5.41) is 9.54. The number of carbonyl (C=O) groups excluding carboxylic acids is 1. The Kier molecular flexibility index (Phi) is 6.27. The van der Waals surface area contributed by atoms with E-state index in [-0.39, 0.29) is 29.5 Å². The minimum atomic E-state index is -0.695. The van der Waals surface area contributed by atoms with Crippen LogP contribution in [0.1, 0.15) is 75.9 Å². The summed E-state index contributed by atoms with van der Waals surface area (Å²) >= 11 is 0. The highest BCUT2D eigenvalue weighted by Crippen LogP contribution is 2.43. The van der Waals surface area contributed by atoms with E-state index in [1.54, 1.807) is 4.90 Å². The highest BCUT2D eigenvalue weighted by Gasteiger charge is 2.37. The second kappa shape index (κ2) is 9.26. The molecular weight excluding hydrogens is 454 g/mol. The molecule has 1 fully saturated rings. The molecule has 7 nitrogen and oxygen atoms in total. The van der Waals surface area contributed by atoms with Gasteiger partial charge in [-0.25, -0.2) is 9.78 Å². The smallest absolute Gasteiger partial charge is 0.414 e. The van der Waals surface area contributed by atoms with Gasteiger partial charge in [-0.2, -0.15) is 0 Å². The van der Waals surface area contributed by atoms with Gasteiger partial charge in [0, 0.05) is 23.1 Å². The van der Waals surface area contributed by atoms with E-state index in [0.29, 0.717) is 12.8 Å². The van der Waals surface area contributed by atoms with Gasteiger partial charge in [0.15, 0.2) is 0 Å². The normalized spacial score (nSPS) is 22.3. The second-order valence-corrected chi connectivity index (χ2v) is 10.8. The Balaban J connectivity index is 1.69. The largest absolute Gasteiger partial charge is 0.481 e. The van der Waals surface area contributed by atoms with Crippen molar-refractivity contribution in [1.29, 1.82) is 0 Å². The third-order valence-electron chi connectivity index (χ3n) is 8.29. The van der Waals surface area contributed by atoms with Crippen LogP contribution < -0.4 is 4.90 Å². The summed E-state index contributed by atoms with van der Waals surface area (Å²) in [6.07, 6.45) is 4.29. The number of aromatic nitrogens is 2.